The van der Waals surface area contributed by atoms with E-state index in [1.807, 2.05) is 6.07 Å². The number of nitrogens with zero attached hydrogens (tertiary/aromatic N) is 2. The predicted octanol–water partition coefficient (Wildman–Crippen LogP) is 4.22. The summed E-state index contributed by atoms with van der Waals surface area (Å²) in [5, 5.41) is 18.4. The van der Waals surface area contributed by atoms with E-state index in [4.69, 9.17) is 4.42 Å². The molecule has 0 spiro atoms. The van der Waals surface area contributed by atoms with Gasteiger partial charge in [0.05, 0.1) is 11.1 Å². The summed E-state index contributed by atoms with van der Waals surface area (Å²) in [5.41, 5.74) is 0.802. The Kier molecular flexibility index (Phi) is 3.23. The van der Waals surface area contributed by atoms with Crippen LogP contribution in [-0.4, -0.2) is 5.11 Å². The van der Waals surface area contributed by atoms with Gasteiger partial charge >= 0.3 is 5.63 Å². The van der Waals surface area contributed by atoms with Crippen LogP contribution in [0, 0.1) is 6.92 Å². The van der Waals surface area contributed by atoms with Crippen molar-refractivity contribution in [3.8, 4) is 5.75 Å². The van der Waals surface area contributed by atoms with E-state index in [-0.39, 0.29) is 11.4 Å². The molecule has 1 N–H and O–H groups in total. The fraction of sp³-hybridized carbons (Fsp3) is 0.0625. The molecule has 0 fully saturated rings. The van der Waals surface area contributed by atoms with E-state index < -0.39 is 5.63 Å². The van der Waals surface area contributed by atoms with Gasteiger partial charge in [0.2, 0.25) is 5.69 Å². The van der Waals surface area contributed by atoms with Crippen LogP contribution in [0.3, 0.4) is 0 Å². The van der Waals surface area contributed by atoms with Crippen molar-refractivity contribution in [2.45, 2.75) is 6.92 Å². The van der Waals surface area contributed by atoms with Crippen molar-refractivity contribution in [3.05, 3.63) is 64.5 Å². The van der Waals surface area contributed by atoms with Crippen LogP contribution in [0.25, 0.3) is 11.0 Å². The van der Waals surface area contributed by atoms with Crippen LogP contribution in [0.4, 0.5) is 11.4 Å². The number of rotatable bonds is 2. The third-order valence-corrected chi connectivity index (χ3v) is 3.10. The highest BCUT2D eigenvalue weighted by molar-refractivity contribution is 5.89. The number of hydrogen-bond donors (Lipinski definition) is 1. The first-order chi connectivity index (χ1) is 10.2. The molecule has 5 heteroatoms. The van der Waals surface area contributed by atoms with Crippen LogP contribution >= 0.6 is 0 Å². The maximum atomic E-state index is 11.9. The smallest absolute Gasteiger partial charge is 0.368 e. The zero-order chi connectivity index (χ0) is 14.8. The molecule has 0 aliphatic heterocycles. The molecule has 104 valence electrons. The van der Waals surface area contributed by atoms with Crippen LogP contribution in [0.5, 0.6) is 5.75 Å². The first-order valence-corrected chi connectivity index (χ1v) is 6.39. The van der Waals surface area contributed by atoms with Crippen molar-refractivity contribution < 1.29 is 9.52 Å². The van der Waals surface area contributed by atoms with E-state index in [1.165, 1.54) is 0 Å². The number of azo groups is 1. The first kappa shape index (κ1) is 13.1. The summed E-state index contributed by atoms with van der Waals surface area (Å²) in [4.78, 5) is 11.9. The molecule has 21 heavy (non-hydrogen) atoms. The Labute approximate surface area is 120 Å². The van der Waals surface area contributed by atoms with Gasteiger partial charge in [0.25, 0.3) is 0 Å². The largest absolute Gasteiger partial charge is 0.505 e. The highest BCUT2D eigenvalue weighted by atomic mass is 16.4. The second-order valence-electron chi connectivity index (χ2n) is 4.57. The number of aromatic hydroxyl groups is 1. The first-order valence-electron chi connectivity index (χ1n) is 6.39. The normalized spacial score (nSPS) is 11.3. The predicted molar refractivity (Wildman–Crippen MR) is 79.5 cm³/mol. The van der Waals surface area contributed by atoms with Gasteiger partial charge in [0.1, 0.15) is 5.58 Å². The molecule has 0 unspecified atom stereocenters. The van der Waals surface area contributed by atoms with Crippen molar-refractivity contribution in [1.82, 2.24) is 0 Å². The van der Waals surface area contributed by atoms with E-state index in [2.05, 4.69) is 10.2 Å². The molecule has 3 aromatic rings. The van der Waals surface area contributed by atoms with Crippen molar-refractivity contribution in [2.24, 2.45) is 10.2 Å². The minimum atomic E-state index is -0.714. The van der Waals surface area contributed by atoms with Gasteiger partial charge in [-0.25, -0.2) is 4.79 Å². The maximum absolute atomic E-state index is 11.9. The van der Waals surface area contributed by atoms with Crippen LogP contribution in [-0.2, 0) is 0 Å². The zero-order valence-electron chi connectivity index (χ0n) is 11.3. The lowest BCUT2D eigenvalue weighted by molar-refractivity contribution is 0.469. The maximum Gasteiger partial charge on any atom is 0.368 e. The van der Waals surface area contributed by atoms with Crippen LogP contribution < -0.4 is 5.63 Å². The summed E-state index contributed by atoms with van der Waals surface area (Å²) in [6.07, 6.45) is 0. The molecule has 3 rings (SSSR count). The number of para-hydroxylation sites is 1. The van der Waals surface area contributed by atoms with Crippen molar-refractivity contribution in [2.75, 3.05) is 0 Å². The Morgan fingerprint density at radius 2 is 1.76 bits per heavy atom. The Balaban J connectivity index is 2.16. The minimum Gasteiger partial charge on any atom is -0.505 e. The molecule has 0 amide bonds. The van der Waals surface area contributed by atoms with E-state index in [9.17, 15) is 9.90 Å². The molecule has 0 aliphatic rings. The van der Waals surface area contributed by atoms with Gasteiger partial charge in [-0.3, -0.25) is 0 Å². The number of benzene rings is 2. The Morgan fingerprint density at radius 3 is 2.52 bits per heavy atom. The molecule has 0 saturated carbocycles. The van der Waals surface area contributed by atoms with Gasteiger partial charge in [-0.05, 0) is 30.7 Å². The Hall–Kier alpha value is -2.95. The Bertz CT molecular complexity index is 883. The van der Waals surface area contributed by atoms with Crippen molar-refractivity contribution in [3.63, 3.8) is 0 Å². The lowest BCUT2D eigenvalue weighted by Crippen LogP contribution is -1.99. The van der Waals surface area contributed by atoms with Gasteiger partial charge in [0, 0.05) is 0 Å². The lowest BCUT2D eigenvalue weighted by Gasteiger charge is -2.03. The second-order valence-corrected chi connectivity index (χ2v) is 4.57. The molecule has 1 aromatic heterocycles. The molecule has 5 nitrogen and oxygen atoms in total. The Morgan fingerprint density at radius 1 is 1.00 bits per heavy atom. The summed E-state index contributed by atoms with van der Waals surface area (Å²) in [6, 6.07) is 14.2. The summed E-state index contributed by atoms with van der Waals surface area (Å²) in [5.74, 6) is -0.218. The molecule has 2 aromatic carbocycles. The lowest BCUT2D eigenvalue weighted by atomic mass is 10.1. The fourth-order valence-electron chi connectivity index (χ4n) is 2.03. The monoisotopic (exact) mass is 280 g/mol. The fourth-order valence-corrected chi connectivity index (χ4v) is 2.03. The number of hydrogen-bond acceptors (Lipinski definition) is 5. The van der Waals surface area contributed by atoms with E-state index in [0.29, 0.717) is 16.7 Å². The molecule has 0 aliphatic carbocycles. The molecule has 0 atom stereocenters. The second kappa shape index (κ2) is 5.20. The average molecular weight is 280 g/mol. The highest BCUT2D eigenvalue weighted by Crippen LogP contribution is 2.33. The quantitative estimate of drug-likeness (QED) is 0.564. The van der Waals surface area contributed by atoms with Gasteiger partial charge in [-0.1, -0.05) is 30.3 Å². The third-order valence-electron chi connectivity index (χ3n) is 3.10. The standard InChI is InChI=1S/C16H12N2O3/c1-10-6-5-9-12-14(19)13(16(20)21-15(10)12)18-17-11-7-3-2-4-8-11/h2-9,19H,1H3. The minimum absolute atomic E-state index is 0.197. The van der Waals surface area contributed by atoms with E-state index >= 15 is 0 Å². The van der Waals surface area contributed by atoms with Gasteiger partial charge in [-0.15, -0.1) is 5.11 Å². The SMILES string of the molecule is Cc1cccc2c(O)c(N=Nc3ccccc3)c(=O)oc12. The molecular formula is C16H12N2O3. The van der Waals surface area contributed by atoms with Gasteiger partial charge in [0.15, 0.2) is 5.75 Å². The highest BCUT2D eigenvalue weighted by Gasteiger charge is 2.14. The molecule has 0 saturated heterocycles. The van der Waals surface area contributed by atoms with Crippen LogP contribution in [0.15, 0.2) is 68.0 Å². The van der Waals surface area contributed by atoms with Crippen LogP contribution in [0.1, 0.15) is 5.56 Å². The van der Waals surface area contributed by atoms with Crippen molar-refractivity contribution >= 4 is 22.3 Å². The average Bonchev–Trinajstić information content (AvgIpc) is 2.49. The summed E-state index contributed by atoms with van der Waals surface area (Å²) < 4.78 is 5.22. The summed E-state index contributed by atoms with van der Waals surface area (Å²) in [7, 11) is 0. The molecular weight excluding hydrogens is 268 g/mol. The number of aryl methyl sites for hydroxylation is 1. The van der Waals surface area contributed by atoms with E-state index in [1.54, 1.807) is 49.4 Å². The zero-order valence-corrected chi connectivity index (χ0v) is 11.3. The van der Waals surface area contributed by atoms with E-state index in [0.717, 1.165) is 5.56 Å². The molecule has 0 radical (unpaired) electrons. The molecule has 0 bridgehead atoms. The summed E-state index contributed by atoms with van der Waals surface area (Å²) in [6.45, 7) is 1.80. The van der Waals surface area contributed by atoms with Gasteiger partial charge in [-0.2, -0.15) is 5.11 Å². The van der Waals surface area contributed by atoms with Crippen LogP contribution in [0.2, 0.25) is 0 Å². The third kappa shape index (κ3) is 2.41. The van der Waals surface area contributed by atoms with Crippen molar-refractivity contribution in [1.29, 1.82) is 0 Å². The topological polar surface area (TPSA) is 75.2 Å². The number of fused-ring (bicyclic) bond motifs is 1. The van der Waals surface area contributed by atoms with Gasteiger partial charge < -0.3 is 9.52 Å². The molecule has 1 heterocycles. The summed E-state index contributed by atoms with van der Waals surface area (Å²) >= 11 is 0.